The fourth-order valence-electron chi connectivity index (χ4n) is 0.898. The van der Waals surface area contributed by atoms with Crippen LogP contribution in [0.5, 0.6) is 0 Å². The molecule has 1 unspecified atom stereocenters. The molecule has 3 nitrogen and oxygen atoms in total. The molecule has 1 aromatic rings. The molecule has 0 amide bonds. The number of halogens is 2. The number of hydrogen-bond acceptors (Lipinski definition) is 2. The van der Waals surface area contributed by atoms with Gasteiger partial charge in [0.2, 0.25) is 0 Å². The summed E-state index contributed by atoms with van der Waals surface area (Å²) in [4.78, 5) is 10.4. The molecular formula is C9H9F2NO2. The van der Waals surface area contributed by atoms with E-state index in [9.17, 15) is 13.6 Å². The second-order valence-electron chi connectivity index (χ2n) is 2.83. The lowest BCUT2D eigenvalue weighted by molar-refractivity contribution is -0.137. The minimum Gasteiger partial charge on any atom is -0.480 e. The van der Waals surface area contributed by atoms with E-state index in [2.05, 4.69) is 5.32 Å². The van der Waals surface area contributed by atoms with Crippen molar-refractivity contribution in [2.75, 3.05) is 5.32 Å². The van der Waals surface area contributed by atoms with Gasteiger partial charge in [-0.3, -0.25) is 4.79 Å². The lowest BCUT2D eigenvalue weighted by Gasteiger charge is -2.10. The summed E-state index contributed by atoms with van der Waals surface area (Å²) < 4.78 is 25.1. The van der Waals surface area contributed by atoms with Gasteiger partial charge in [-0.05, 0) is 19.1 Å². The van der Waals surface area contributed by atoms with Gasteiger partial charge in [0.05, 0.1) is 0 Å². The molecule has 2 N–H and O–H groups in total. The van der Waals surface area contributed by atoms with E-state index in [-0.39, 0.29) is 5.69 Å². The zero-order valence-electron chi connectivity index (χ0n) is 7.42. The molecule has 0 radical (unpaired) electrons. The second-order valence-corrected chi connectivity index (χ2v) is 2.83. The topological polar surface area (TPSA) is 49.3 Å². The van der Waals surface area contributed by atoms with E-state index >= 15 is 0 Å². The number of rotatable bonds is 3. The SMILES string of the molecule is CC(Nc1ccc(F)c(F)c1)C(=O)O. The van der Waals surface area contributed by atoms with Gasteiger partial charge in [-0.25, -0.2) is 8.78 Å². The third kappa shape index (κ3) is 2.42. The van der Waals surface area contributed by atoms with Gasteiger partial charge in [0.15, 0.2) is 11.6 Å². The number of nitrogens with one attached hydrogen (secondary N) is 1. The molecule has 0 aliphatic carbocycles. The normalized spacial score (nSPS) is 12.2. The van der Waals surface area contributed by atoms with Gasteiger partial charge in [-0.2, -0.15) is 0 Å². The van der Waals surface area contributed by atoms with Crippen LogP contribution < -0.4 is 5.32 Å². The minimum atomic E-state index is -1.06. The number of aliphatic carboxylic acids is 1. The molecule has 0 heterocycles. The van der Waals surface area contributed by atoms with Crippen LogP contribution >= 0.6 is 0 Å². The van der Waals surface area contributed by atoms with Gasteiger partial charge in [0.1, 0.15) is 6.04 Å². The Morgan fingerprint density at radius 3 is 2.57 bits per heavy atom. The van der Waals surface area contributed by atoms with Crippen LogP contribution in [0.15, 0.2) is 18.2 Å². The number of carbonyl (C=O) groups is 1. The van der Waals surface area contributed by atoms with Crippen molar-refractivity contribution in [3.63, 3.8) is 0 Å². The highest BCUT2D eigenvalue weighted by molar-refractivity contribution is 5.76. The molecular weight excluding hydrogens is 192 g/mol. The summed E-state index contributed by atoms with van der Waals surface area (Å²) in [6.07, 6.45) is 0. The quantitative estimate of drug-likeness (QED) is 0.784. The van der Waals surface area contributed by atoms with Crippen LogP contribution in [0.3, 0.4) is 0 Å². The van der Waals surface area contributed by atoms with Crippen LogP contribution in [0.25, 0.3) is 0 Å². The van der Waals surface area contributed by atoms with Crippen LogP contribution in [0, 0.1) is 11.6 Å². The fourth-order valence-corrected chi connectivity index (χ4v) is 0.898. The summed E-state index contributed by atoms with van der Waals surface area (Å²) in [6, 6.07) is 2.28. The van der Waals surface area contributed by atoms with Crippen molar-refractivity contribution in [3.05, 3.63) is 29.8 Å². The van der Waals surface area contributed by atoms with Crippen LogP contribution in [-0.4, -0.2) is 17.1 Å². The lowest BCUT2D eigenvalue weighted by atomic mass is 10.2. The highest BCUT2D eigenvalue weighted by atomic mass is 19.2. The van der Waals surface area contributed by atoms with Gasteiger partial charge in [0, 0.05) is 11.8 Å². The molecule has 0 aliphatic rings. The molecule has 0 saturated heterocycles. The largest absolute Gasteiger partial charge is 0.480 e. The minimum absolute atomic E-state index is 0.235. The number of carboxylic acids is 1. The summed E-state index contributed by atoms with van der Waals surface area (Å²) in [6.45, 7) is 1.41. The van der Waals surface area contributed by atoms with Gasteiger partial charge < -0.3 is 10.4 Å². The van der Waals surface area contributed by atoms with Gasteiger partial charge in [-0.1, -0.05) is 0 Å². The average Bonchev–Trinajstić information content (AvgIpc) is 2.11. The van der Waals surface area contributed by atoms with Crippen LogP contribution in [-0.2, 0) is 4.79 Å². The Balaban J connectivity index is 2.78. The molecule has 0 saturated carbocycles. The molecule has 0 aromatic heterocycles. The van der Waals surface area contributed by atoms with Crippen molar-refractivity contribution >= 4 is 11.7 Å². The van der Waals surface area contributed by atoms with Crippen LogP contribution in [0.1, 0.15) is 6.92 Å². The molecule has 0 aliphatic heterocycles. The Hall–Kier alpha value is -1.65. The van der Waals surface area contributed by atoms with Gasteiger partial charge in [0.25, 0.3) is 0 Å². The van der Waals surface area contributed by atoms with Gasteiger partial charge >= 0.3 is 5.97 Å². The van der Waals surface area contributed by atoms with Crippen molar-refractivity contribution in [2.45, 2.75) is 13.0 Å². The Labute approximate surface area is 79.4 Å². The standard InChI is InChI=1S/C9H9F2NO2/c1-5(9(13)14)12-6-2-3-7(10)8(11)4-6/h2-5,12H,1H3,(H,13,14). The van der Waals surface area contributed by atoms with E-state index in [1.807, 2.05) is 0 Å². The first-order valence-corrected chi connectivity index (χ1v) is 3.95. The first kappa shape index (κ1) is 10.4. The zero-order chi connectivity index (χ0) is 10.7. The molecule has 0 spiro atoms. The molecule has 14 heavy (non-hydrogen) atoms. The van der Waals surface area contributed by atoms with Crippen LogP contribution in [0.2, 0.25) is 0 Å². The maximum atomic E-state index is 12.7. The summed E-state index contributed by atoms with van der Waals surface area (Å²) >= 11 is 0. The summed E-state index contributed by atoms with van der Waals surface area (Å²) in [5.41, 5.74) is 0.235. The van der Waals surface area contributed by atoms with Crippen molar-refractivity contribution < 1.29 is 18.7 Å². The average molecular weight is 201 g/mol. The Kier molecular flexibility index (Phi) is 3.01. The highest BCUT2D eigenvalue weighted by Gasteiger charge is 2.11. The molecule has 1 aromatic carbocycles. The number of carboxylic acid groups (broad SMARTS) is 1. The third-order valence-electron chi connectivity index (χ3n) is 1.67. The van der Waals surface area contributed by atoms with E-state index in [0.29, 0.717) is 0 Å². The zero-order valence-corrected chi connectivity index (χ0v) is 7.42. The monoisotopic (exact) mass is 201 g/mol. The smallest absolute Gasteiger partial charge is 0.325 e. The molecule has 1 atom stereocenters. The maximum absolute atomic E-state index is 12.7. The van der Waals surface area contributed by atoms with Crippen molar-refractivity contribution in [3.8, 4) is 0 Å². The second kappa shape index (κ2) is 4.04. The van der Waals surface area contributed by atoms with Gasteiger partial charge in [-0.15, -0.1) is 0 Å². The summed E-state index contributed by atoms with van der Waals surface area (Å²) in [5, 5.41) is 11.0. The highest BCUT2D eigenvalue weighted by Crippen LogP contribution is 2.13. The van der Waals surface area contributed by atoms with E-state index in [4.69, 9.17) is 5.11 Å². The van der Waals surface area contributed by atoms with E-state index < -0.39 is 23.6 Å². The predicted molar refractivity (Wildman–Crippen MR) is 47.1 cm³/mol. The molecule has 0 fully saturated rings. The first-order chi connectivity index (χ1) is 6.50. The number of anilines is 1. The summed E-state index contributed by atoms with van der Waals surface area (Å²) in [7, 11) is 0. The fraction of sp³-hybridized carbons (Fsp3) is 0.222. The van der Waals surface area contributed by atoms with E-state index in [0.717, 1.165) is 12.1 Å². The van der Waals surface area contributed by atoms with Crippen LogP contribution in [0.4, 0.5) is 14.5 Å². The maximum Gasteiger partial charge on any atom is 0.325 e. The van der Waals surface area contributed by atoms with E-state index in [1.54, 1.807) is 0 Å². The predicted octanol–water partition coefficient (Wildman–Crippen LogP) is 1.85. The van der Waals surface area contributed by atoms with Crippen molar-refractivity contribution in [1.82, 2.24) is 0 Å². The Morgan fingerprint density at radius 1 is 1.43 bits per heavy atom. The molecule has 1 rings (SSSR count). The summed E-state index contributed by atoms with van der Waals surface area (Å²) in [5.74, 6) is -3.03. The lowest BCUT2D eigenvalue weighted by Crippen LogP contribution is -2.25. The molecule has 76 valence electrons. The Bertz CT molecular complexity index is 355. The number of benzene rings is 1. The van der Waals surface area contributed by atoms with Crippen molar-refractivity contribution in [2.24, 2.45) is 0 Å². The van der Waals surface area contributed by atoms with Crippen molar-refractivity contribution in [1.29, 1.82) is 0 Å². The van der Waals surface area contributed by atoms with E-state index in [1.165, 1.54) is 13.0 Å². The molecule has 0 bridgehead atoms. The molecule has 5 heteroatoms. The Morgan fingerprint density at radius 2 is 2.07 bits per heavy atom. The first-order valence-electron chi connectivity index (χ1n) is 3.95. The third-order valence-corrected chi connectivity index (χ3v) is 1.67. The number of hydrogen-bond donors (Lipinski definition) is 2.